The first kappa shape index (κ1) is 16.3. The summed E-state index contributed by atoms with van der Waals surface area (Å²) in [6.45, 7) is 6.11. The Labute approximate surface area is 127 Å². The Morgan fingerprint density at radius 3 is 2.52 bits per heavy atom. The van der Waals surface area contributed by atoms with Crippen LogP contribution in [0.4, 0.5) is 0 Å². The molecule has 1 atom stereocenters. The number of hydrogen-bond donors (Lipinski definition) is 2. The Bertz CT molecular complexity index is 570. The van der Waals surface area contributed by atoms with Crippen LogP contribution in [0.5, 0.6) is 5.75 Å². The second-order valence-corrected chi connectivity index (χ2v) is 7.42. The first-order chi connectivity index (χ1) is 9.94. The van der Waals surface area contributed by atoms with Gasteiger partial charge < -0.3 is 10.1 Å². The van der Waals surface area contributed by atoms with Crippen molar-refractivity contribution >= 4 is 10.0 Å². The summed E-state index contributed by atoms with van der Waals surface area (Å²) in [5.41, 5.74) is 1.66. The number of benzene rings is 1. The Hall–Kier alpha value is -1.11. The van der Waals surface area contributed by atoms with Crippen molar-refractivity contribution in [2.45, 2.75) is 31.6 Å². The molecular weight excluding hydrogens is 288 g/mol. The lowest BCUT2D eigenvalue weighted by molar-refractivity contribution is 0.376. The van der Waals surface area contributed by atoms with Crippen molar-refractivity contribution < 1.29 is 13.2 Å². The zero-order valence-electron chi connectivity index (χ0n) is 12.9. The number of ether oxygens (including phenoxy) is 1. The van der Waals surface area contributed by atoms with Gasteiger partial charge in [-0.1, -0.05) is 0 Å². The molecule has 0 spiro atoms. The van der Waals surface area contributed by atoms with Crippen molar-refractivity contribution in [3.63, 3.8) is 0 Å². The summed E-state index contributed by atoms with van der Waals surface area (Å²) in [4.78, 5) is 0.307. The zero-order valence-corrected chi connectivity index (χ0v) is 13.7. The Morgan fingerprint density at radius 2 is 2.00 bits per heavy atom. The molecule has 21 heavy (non-hydrogen) atoms. The second-order valence-electron chi connectivity index (χ2n) is 5.65. The molecule has 2 N–H and O–H groups in total. The van der Waals surface area contributed by atoms with Gasteiger partial charge in [0.25, 0.3) is 0 Å². The van der Waals surface area contributed by atoms with E-state index in [0.717, 1.165) is 42.8 Å². The third-order valence-corrected chi connectivity index (χ3v) is 5.31. The van der Waals surface area contributed by atoms with Gasteiger partial charge in [-0.25, -0.2) is 13.1 Å². The highest BCUT2D eigenvalue weighted by atomic mass is 32.2. The quantitative estimate of drug-likeness (QED) is 0.866. The SMILES string of the molecule is COc1c(C)cc(S(=O)(=O)NCC2CCCNC2)cc1C. The van der Waals surface area contributed by atoms with Crippen molar-refractivity contribution in [2.75, 3.05) is 26.7 Å². The standard InChI is InChI=1S/C15H24N2O3S/c1-11-7-14(8-12(2)15(11)20-3)21(18,19)17-10-13-5-4-6-16-9-13/h7-8,13,16-17H,4-6,9-10H2,1-3H3. The topological polar surface area (TPSA) is 67.4 Å². The normalized spacial score (nSPS) is 19.5. The van der Waals surface area contributed by atoms with E-state index in [-0.39, 0.29) is 0 Å². The van der Waals surface area contributed by atoms with E-state index in [0.29, 0.717) is 17.4 Å². The number of rotatable bonds is 5. The molecule has 0 saturated carbocycles. The van der Waals surface area contributed by atoms with Crippen LogP contribution >= 0.6 is 0 Å². The van der Waals surface area contributed by atoms with Crippen LogP contribution in [0.1, 0.15) is 24.0 Å². The highest BCUT2D eigenvalue weighted by Gasteiger charge is 2.20. The maximum atomic E-state index is 12.4. The van der Waals surface area contributed by atoms with E-state index < -0.39 is 10.0 Å². The smallest absolute Gasteiger partial charge is 0.240 e. The minimum absolute atomic E-state index is 0.307. The molecule has 0 aliphatic carbocycles. The van der Waals surface area contributed by atoms with Crippen molar-refractivity contribution in [3.8, 4) is 5.75 Å². The summed E-state index contributed by atoms with van der Waals surface area (Å²) in [5.74, 6) is 1.11. The van der Waals surface area contributed by atoms with E-state index in [2.05, 4.69) is 10.0 Å². The van der Waals surface area contributed by atoms with Crippen LogP contribution in [-0.4, -0.2) is 35.2 Å². The highest BCUT2D eigenvalue weighted by Crippen LogP contribution is 2.26. The van der Waals surface area contributed by atoms with Gasteiger partial charge >= 0.3 is 0 Å². The van der Waals surface area contributed by atoms with Crippen LogP contribution < -0.4 is 14.8 Å². The number of sulfonamides is 1. The molecule has 0 bridgehead atoms. The van der Waals surface area contributed by atoms with Crippen LogP contribution in [0, 0.1) is 19.8 Å². The second kappa shape index (κ2) is 6.77. The summed E-state index contributed by atoms with van der Waals surface area (Å²) in [5, 5.41) is 3.29. The summed E-state index contributed by atoms with van der Waals surface area (Å²) >= 11 is 0. The van der Waals surface area contributed by atoms with Crippen LogP contribution in [-0.2, 0) is 10.0 Å². The van der Waals surface area contributed by atoms with Crippen molar-refractivity contribution in [1.82, 2.24) is 10.0 Å². The van der Waals surface area contributed by atoms with Gasteiger partial charge in [-0.2, -0.15) is 0 Å². The van der Waals surface area contributed by atoms with Crippen LogP contribution in [0.15, 0.2) is 17.0 Å². The van der Waals surface area contributed by atoms with Gasteiger partial charge in [0.05, 0.1) is 12.0 Å². The first-order valence-corrected chi connectivity index (χ1v) is 8.78. The Morgan fingerprint density at radius 1 is 1.33 bits per heavy atom. The highest BCUT2D eigenvalue weighted by molar-refractivity contribution is 7.89. The summed E-state index contributed by atoms with van der Waals surface area (Å²) < 4.78 is 32.8. The molecule has 118 valence electrons. The van der Waals surface area contributed by atoms with E-state index in [1.54, 1.807) is 19.2 Å². The number of nitrogens with one attached hydrogen (secondary N) is 2. The maximum Gasteiger partial charge on any atom is 0.240 e. The minimum atomic E-state index is -3.46. The predicted octanol–water partition coefficient (Wildman–Crippen LogP) is 1.59. The molecular formula is C15H24N2O3S. The van der Waals surface area contributed by atoms with Crippen LogP contribution in [0.3, 0.4) is 0 Å². The number of hydrogen-bond acceptors (Lipinski definition) is 4. The van der Waals surface area contributed by atoms with Crippen LogP contribution in [0.25, 0.3) is 0 Å². The molecule has 1 fully saturated rings. The molecule has 0 amide bonds. The van der Waals surface area contributed by atoms with E-state index in [4.69, 9.17) is 4.74 Å². The van der Waals surface area contributed by atoms with Crippen LogP contribution in [0.2, 0.25) is 0 Å². The third kappa shape index (κ3) is 3.96. The lowest BCUT2D eigenvalue weighted by Crippen LogP contribution is -2.38. The molecule has 0 aromatic heterocycles. The Kier molecular flexibility index (Phi) is 5.24. The summed E-state index contributed by atoms with van der Waals surface area (Å²) in [7, 11) is -1.87. The van der Waals surface area contributed by atoms with Gasteiger partial charge in [0, 0.05) is 6.54 Å². The monoisotopic (exact) mass is 312 g/mol. The predicted molar refractivity (Wildman–Crippen MR) is 83.3 cm³/mol. The van der Waals surface area contributed by atoms with E-state index in [9.17, 15) is 8.42 Å². The lowest BCUT2D eigenvalue weighted by Gasteiger charge is -2.23. The van der Waals surface area contributed by atoms with E-state index in [1.807, 2.05) is 13.8 Å². The molecule has 0 radical (unpaired) electrons. The average Bonchev–Trinajstić information content (AvgIpc) is 2.46. The maximum absolute atomic E-state index is 12.4. The number of aryl methyl sites for hydroxylation is 2. The molecule has 2 rings (SSSR count). The zero-order chi connectivity index (χ0) is 15.5. The van der Waals surface area contributed by atoms with E-state index in [1.165, 1.54) is 0 Å². The van der Waals surface area contributed by atoms with Gasteiger partial charge in [0.1, 0.15) is 5.75 Å². The minimum Gasteiger partial charge on any atom is -0.496 e. The fraction of sp³-hybridized carbons (Fsp3) is 0.600. The van der Waals surface area contributed by atoms with Gasteiger partial charge in [-0.05, 0) is 69.0 Å². The largest absolute Gasteiger partial charge is 0.496 e. The first-order valence-electron chi connectivity index (χ1n) is 7.29. The molecule has 1 aromatic rings. The number of methoxy groups -OCH3 is 1. The molecule has 1 aliphatic heterocycles. The van der Waals surface area contributed by atoms with Gasteiger partial charge in [-0.15, -0.1) is 0 Å². The Balaban J connectivity index is 2.12. The van der Waals surface area contributed by atoms with Gasteiger partial charge in [0.15, 0.2) is 0 Å². The lowest BCUT2D eigenvalue weighted by atomic mass is 10.0. The summed E-state index contributed by atoms with van der Waals surface area (Å²) in [6, 6.07) is 3.32. The molecule has 1 aliphatic rings. The molecule has 1 heterocycles. The van der Waals surface area contributed by atoms with Gasteiger partial charge in [-0.3, -0.25) is 0 Å². The molecule has 1 aromatic carbocycles. The summed E-state index contributed by atoms with van der Waals surface area (Å²) in [6.07, 6.45) is 2.17. The third-order valence-electron chi connectivity index (χ3n) is 3.91. The van der Waals surface area contributed by atoms with Crippen molar-refractivity contribution in [3.05, 3.63) is 23.3 Å². The van der Waals surface area contributed by atoms with Crippen molar-refractivity contribution in [2.24, 2.45) is 5.92 Å². The molecule has 1 unspecified atom stereocenters. The van der Waals surface area contributed by atoms with Crippen molar-refractivity contribution in [1.29, 1.82) is 0 Å². The number of piperidine rings is 1. The van der Waals surface area contributed by atoms with Gasteiger partial charge in [0.2, 0.25) is 10.0 Å². The fourth-order valence-corrected chi connectivity index (χ4v) is 4.08. The fourth-order valence-electron chi connectivity index (χ4n) is 2.80. The molecule has 1 saturated heterocycles. The molecule has 5 nitrogen and oxygen atoms in total. The molecule has 6 heteroatoms. The van der Waals surface area contributed by atoms with E-state index >= 15 is 0 Å². The average molecular weight is 312 g/mol.